The van der Waals surface area contributed by atoms with Crippen LogP contribution in [0.1, 0.15) is 23.3 Å². The molecule has 1 fully saturated rings. The molecule has 2 nitrogen and oxygen atoms in total. The van der Waals surface area contributed by atoms with E-state index in [9.17, 15) is 0 Å². The molecule has 0 aromatic carbocycles. The van der Waals surface area contributed by atoms with Crippen molar-refractivity contribution in [1.29, 1.82) is 0 Å². The average Bonchev–Trinajstić information content (AvgIpc) is 2.78. The van der Waals surface area contributed by atoms with Gasteiger partial charge in [0.15, 0.2) is 0 Å². The van der Waals surface area contributed by atoms with Crippen molar-refractivity contribution in [1.82, 2.24) is 9.88 Å². The van der Waals surface area contributed by atoms with Crippen molar-refractivity contribution in [2.24, 2.45) is 0 Å². The first kappa shape index (κ1) is 10.1. The first-order valence-corrected chi connectivity index (χ1v) is 6.68. The highest BCUT2D eigenvalue weighted by Crippen LogP contribution is 2.19. The van der Waals surface area contributed by atoms with Gasteiger partial charge in [0, 0.05) is 29.9 Å². The third-order valence-electron chi connectivity index (χ3n) is 2.90. The van der Waals surface area contributed by atoms with Crippen molar-refractivity contribution >= 4 is 11.3 Å². The van der Waals surface area contributed by atoms with E-state index in [1.807, 2.05) is 11.3 Å². The predicted molar refractivity (Wildman–Crippen MR) is 67.7 cm³/mol. The molecule has 0 saturated heterocycles. The monoisotopic (exact) mass is 232 g/mol. The maximum atomic E-state index is 3.53. The van der Waals surface area contributed by atoms with Crippen LogP contribution >= 0.6 is 11.3 Å². The fourth-order valence-corrected chi connectivity index (χ4v) is 2.54. The summed E-state index contributed by atoms with van der Waals surface area (Å²) in [5, 5.41) is 5.67. The van der Waals surface area contributed by atoms with Crippen LogP contribution in [-0.4, -0.2) is 10.6 Å². The van der Waals surface area contributed by atoms with E-state index in [1.165, 1.54) is 23.3 Å². The van der Waals surface area contributed by atoms with Gasteiger partial charge in [0.2, 0.25) is 0 Å². The summed E-state index contributed by atoms with van der Waals surface area (Å²) >= 11 is 1.82. The molecule has 1 aliphatic rings. The van der Waals surface area contributed by atoms with Crippen LogP contribution in [0.2, 0.25) is 0 Å². The van der Waals surface area contributed by atoms with Crippen LogP contribution < -0.4 is 5.32 Å². The Kier molecular flexibility index (Phi) is 2.80. The Balaban J connectivity index is 1.58. The number of hydrogen-bond donors (Lipinski definition) is 1. The summed E-state index contributed by atoms with van der Waals surface area (Å²) in [4.78, 5) is 1.41. The van der Waals surface area contributed by atoms with Gasteiger partial charge in [-0.05, 0) is 35.9 Å². The highest BCUT2D eigenvalue weighted by atomic mass is 32.1. The molecule has 0 aliphatic heterocycles. The van der Waals surface area contributed by atoms with E-state index in [0.29, 0.717) is 0 Å². The van der Waals surface area contributed by atoms with Crippen LogP contribution in [0, 0.1) is 0 Å². The Morgan fingerprint density at radius 2 is 2.31 bits per heavy atom. The Morgan fingerprint density at radius 1 is 1.38 bits per heavy atom. The molecule has 0 bridgehead atoms. The molecule has 0 unspecified atom stereocenters. The molecular weight excluding hydrogens is 216 g/mol. The van der Waals surface area contributed by atoms with Gasteiger partial charge in [-0.1, -0.05) is 6.07 Å². The van der Waals surface area contributed by atoms with Gasteiger partial charge >= 0.3 is 0 Å². The molecule has 2 aromatic rings. The van der Waals surface area contributed by atoms with Crippen LogP contribution in [-0.2, 0) is 13.1 Å². The molecule has 2 aromatic heterocycles. The smallest absolute Gasteiger partial charge is 0.0563 e. The lowest BCUT2D eigenvalue weighted by Crippen LogP contribution is -2.14. The molecule has 0 amide bonds. The standard InChI is InChI=1S/C13H16N2S/c1-2-13(16-7-1)10-15-6-5-11(9-15)8-14-12-3-4-12/h1-2,5-7,9,12,14H,3-4,8,10H2. The van der Waals surface area contributed by atoms with Crippen LogP contribution in [0.3, 0.4) is 0 Å². The van der Waals surface area contributed by atoms with E-state index in [0.717, 1.165) is 19.1 Å². The van der Waals surface area contributed by atoms with Crippen molar-refractivity contribution < 1.29 is 0 Å². The van der Waals surface area contributed by atoms with Gasteiger partial charge in [0.05, 0.1) is 6.54 Å². The van der Waals surface area contributed by atoms with Crippen molar-refractivity contribution in [2.45, 2.75) is 32.0 Å². The summed E-state index contributed by atoms with van der Waals surface area (Å²) in [6, 6.07) is 7.30. The topological polar surface area (TPSA) is 17.0 Å². The van der Waals surface area contributed by atoms with Crippen molar-refractivity contribution in [3.8, 4) is 0 Å². The van der Waals surface area contributed by atoms with Gasteiger partial charge in [0.25, 0.3) is 0 Å². The summed E-state index contributed by atoms with van der Waals surface area (Å²) in [5.41, 5.74) is 1.39. The predicted octanol–water partition coefficient (Wildman–Crippen LogP) is 2.85. The van der Waals surface area contributed by atoms with Gasteiger partial charge < -0.3 is 9.88 Å². The molecule has 0 radical (unpaired) electrons. The molecule has 16 heavy (non-hydrogen) atoms. The number of nitrogens with one attached hydrogen (secondary N) is 1. The third kappa shape index (κ3) is 2.54. The lowest BCUT2D eigenvalue weighted by atomic mass is 10.3. The summed E-state index contributed by atoms with van der Waals surface area (Å²) in [7, 11) is 0. The Morgan fingerprint density at radius 3 is 3.06 bits per heavy atom. The second kappa shape index (κ2) is 4.44. The molecular formula is C13H16N2S. The largest absolute Gasteiger partial charge is 0.349 e. The van der Waals surface area contributed by atoms with E-state index in [2.05, 4.69) is 45.9 Å². The molecule has 0 atom stereocenters. The van der Waals surface area contributed by atoms with Gasteiger partial charge in [-0.25, -0.2) is 0 Å². The Labute approximate surface area is 99.9 Å². The van der Waals surface area contributed by atoms with Crippen molar-refractivity contribution in [2.75, 3.05) is 0 Å². The normalized spacial score (nSPS) is 15.5. The molecule has 1 saturated carbocycles. The van der Waals surface area contributed by atoms with E-state index < -0.39 is 0 Å². The molecule has 84 valence electrons. The summed E-state index contributed by atoms with van der Waals surface area (Å²) < 4.78 is 2.26. The van der Waals surface area contributed by atoms with Gasteiger partial charge in [0.1, 0.15) is 0 Å². The van der Waals surface area contributed by atoms with E-state index in [4.69, 9.17) is 0 Å². The SMILES string of the molecule is c1csc(Cn2ccc(CNC3CC3)c2)c1. The second-order valence-electron chi connectivity index (χ2n) is 4.43. The quantitative estimate of drug-likeness (QED) is 0.839. The first-order chi connectivity index (χ1) is 7.90. The molecule has 1 aliphatic carbocycles. The summed E-state index contributed by atoms with van der Waals surface area (Å²) in [6.45, 7) is 2.02. The van der Waals surface area contributed by atoms with Gasteiger partial charge in [-0.15, -0.1) is 11.3 Å². The van der Waals surface area contributed by atoms with Crippen LogP contribution in [0.25, 0.3) is 0 Å². The lowest BCUT2D eigenvalue weighted by molar-refractivity contribution is 0.685. The van der Waals surface area contributed by atoms with Gasteiger partial charge in [-0.3, -0.25) is 0 Å². The van der Waals surface area contributed by atoms with E-state index in [-0.39, 0.29) is 0 Å². The number of thiophene rings is 1. The van der Waals surface area contributed by atoms with Crippen LogP contribution in [0.5, 0.6) is 0 Å². The molecule has 1 N–H and O–H groups in total. The average molecular weight is 232 g/mol. The highest BCUT2D eigenvalue weighted by Gasteiger charge is 2.19. The van der Waals surface area contributed by atoms with Crippen molar-refractivity contribution in [3.63, 3.8) is 0 Å². The van der Waals surface area contributed by atoms with Crippen LogP contribution in [0.15, 0.2) is 36.0 Å². The second-order valence-corrected chi connectivity index (χ2v) is 5.46. The highest BCUT2D eigenvalue weighted by molar-refractivity contribution is 7.09. The zero-order valence-corrected chi connectivity index (χ0v) is 10.0. The third-order valence-corrected chi connectivity index (χ3v) is 3.76. The molecule has 3 rings (SSSR count). The minimum absolute atomic E-state index is 0.792. The minimum atomic E-state index is 0.792. The first-order valence-electron chi connectivity index (χ1n) is 5.80. The molecule has 3 heteroatoms. The fraction of sp³-hybridized carbons (Fsp3) is 0.385. The van der Waals surface area contributed by atoms with Gasteiger partial charge in [-0.2, -0.15) is 0 Å². The minimum Gasteiger partial charge on any atom is -0.349 e. The maximum absolute atomic E-state index is 3.53. The lowest BCUT2D eigenvalue weighted by Gasteiger charge is -2.00. The van der Waals surface area contributed by atoms with Crippen LogP contribution in [0.4, 0.5) is 0 Å². The number of nitrogens with zero attached hydrogens (tertiary/aromatic N) is 1. The maximum Gasteiger partial charge on any atom is 0.0563 e. The van der Waals surface area contributed by atoms with E-state index >= 15 is 0 Å². The summed E-state index contributed by atoms with van der Waals surface area (Å²) in [5.74, 6) is 0. The fourth-order valence-electron chi connectivity index (χ4n) is 1.83. The Hall–Kier alpha value is -1.06. The number of hydrogen-bond acceptors (Lipinski definition) is 2. The zero-order chi connectivity index (χ0) is 10.8. The molecule has 0 spiro atoms. The van der Waals surface area contributed by atoms with E-state index in [1.54, 1.807) is 0 Å². The summed E-state index contributed by atoms with van der Waals surface area (Å²) in [6.07, 6.45) is 7.13. The number of aromatic nitrogens is 1. The molecule has 2 heterocycles. The number of rotatable bonds is 5. The Bertz CT molecular complexity index is 440. The zero-order valence-electron chi connectivity index (χ0n) is 9.23. The van der Waals surface area contributed by atoms with Crippen molar-refractivity contribution in [3.05, 3.63) is 46.4 Å².